The number of rotatable bonds is 27. The number of esters is 2. The first-order valence-electron chi connectivity index (χ1n) is 28.1. The molecule has 0 atom stereocenters. The maximum absolute atomic E-state index is 12.8. The van der Waals surface area contributed by atoms with Gasteiger partial charge < -0.3 is 56.8 Å². The van der Waals surface area contributed by atoms with Crippen molar-refractivity contribution in [2.24, 2.45) is 0 Å². The molecule has 16 heteroatoms. The zero-order valence-corrected chi connectivity index (χ0v) is 49.2. The fourth-order valence-electron chi connectivity index (χ4n) is 8.59. The van der Waals surface area contributed by atoms with Crippen molar-refractivity contribution in [3.05, 3.63) is 254 Å². The summed E-state index contributed by atoms with van der Waals surface area (Å²) in [6.45, 7) is 12.9. The van der Waals surface area contributed by atoms with Crippen molar-refractivity contribution in [2.45, 2.75) is 40.5 Å². The van der Waals surface area contributed by atoms with E-state index in [1.165, 1.54) is 5.57 Å². The summed E-state index contributed by atoms with van der Waals surface area (Å²) < 4.78 is 93.5. The summed E-state index contributed by atoms with van der Waals surface area (Å²) in [6, 6.07) is 54.4. The second-order valence-electron chi connectivity index (χ2n) is 19.1. The average Bonchev–Trinajstić information content (AvgIpc) is 2.54. The standard InChI is InChI=1S/C70H60F2O14.C2H6/c1-47-8-5-6-11-68(84-44-80-59-27-19-54(20-28-59)52-15-23-57(24-16-52)76-42-78-61-31-35-63(36-32-61)82-46-86-70(74)50(4)72)66(10-7-9-47)67-40-64(39-55-38-48(2)12-37-65(55)67)83-43-79-58-25-17-53(18-26-58)51-13-21-56(22-14-51)75-41-77-60-29-33-62(34-30-60)81-45-85-69(73)49(3)71;1-2/h6-9,11-40H,3-5,10,41-46H2,1-2H3;1-2H3/b9-7-,11-6-,47-8-,68-66?;. The highest BCUT2D eigenvalue weighted by Crippen LogP contribution is 2.37. The minimum absolute atomic E-state index is 0.0328. The molecular formula is C72H66F2O14. The van der Waals surface area contributed by atoms with Gasteiger partial charge in [0.1, 0.15) is 57.5 Å². The van der Waals surface area contributed by atoms with Crippen molar-refractivity contribution in [1.29, 1.82) is 0 Å². The molecule has 8 aromatic rings. The van der Waals surface area contributed by atoms with E-state index in [0.29, 0.717) is 63.9 Å². The number of carbonyl (C=O) groups is 2. The van der Waals surface area contributed by atoms with E-state index in [2.05, 4.69) is 79.0 Å². The Morgan fingerprint density at radius 2 is 0.761 bits per heavy atom. The summed E-state index contributed by atoms with van der Waals surface area (Å²) in [6.07, 6.45) is 11.8. The third-order valence-corrected chi connectivity index (χ3v) is 13.1. The molecule has 0 saturated heterocycles. The monoisotopic (exact) mass is 1190 g/mol. The molecule has 88 heavy (non-hydrogen) atoms. The lowest BCUT2D eigenvalue weighted by atomic mass is 9.93. The Morgan fingerprint density at radius 1 is 0.409 bits per heavy atom. The van der Waals surface area contributed by atoms with Gasteiger partial charge in [-0.3, -0.25) is 0 Å². The van der Waals surface area contributed by atoms with Crippen LogP contribution < -0.4 is 42.6 Å². The van der Waals surface area contributed by atoms with Crippen LogP contribution in [0.3, 0.4) is 0 Å². The summed E-state index contributed by atoms with van der Waals surface area (Å²) in [5.74, 6) is 0.913. The highest BCUT2D eigenvalue weighted by Gasteiger charge is 2.17. The molecule has 0 saturated carbocycles. The number of hydrogen-bond acceptors (Lipinski definition) is 14. The van der Waals surface area contributed by atoms with Crippen LogP contribution in [-0.2, 0) is 23.8 Å². The molecule has 8 aromatic carbocycles. The topological polar surface area (TPSA) is 145 Å². The molecule has 0 fully saturated rings. The van der Waals surface area contributed by atoms with Crippen molar-refractivity contribution in [3.63, 3.8) is 0 Å². The maximum atomic E-state index is 12.8. The summed E-state index contributed by atoms with van der Waals surface area (Å²) in [5.41, 5.74) is 8.13. The molecule has 0 amide bonds. The predicted molar refractivity (Wildman–Crippen MR) is 333 cm³/mol. The van der Waals surface area contributed by atoms with Crippen LogP contribution in [0.1, 0.15) is 44.7 Å². The van der Waals surface area contributed by atoms with Crippen LogP contribution in [0.4, 0.5) is 8.78 Å². The van der Waals surface area contributed by atoms with Crippen molar-refractivity contribution in [3.8, 4) is 74.0 Å². The van der Waals surface area contributed by atoms with Crippen LogP contribution in [0.5, 0.6) is 51.7 Å². The molecule has 0 bridgehead atoms. The number of allylic oxidation sites excluding steroid dienone is 7. The second kappa shape index (κ2) is 32.5. The van der Waals surface area contributed by atoms with Crippen LogP contribution in [-0.4, -0.2) is 52.7 Å². The van der Waals surface area contributed by atoms with E-state index >= 15 is 0 Å². The fraction of sp³-hybridized carbons (Fsp3) is 0.167. The van der Waals surface area contributed by atoms with E-state index in [0.717, 1.165) is 56.1 Å². The van der Waals surface area contributed by atoms with Crippen LogP contribution in [0.2, 0.25) is 0 Å². The number of halogens is 2. The first-order chi connectivity index (χ1) is 42.9. The largest absolute Gasteiger partial charge is 0.458 e. The van der Waals surface area contributed by atoms with Gasteiger partial charge in [-0.1, -0.05) is 129 Å². The number of benzene rings is 8. The smallest absolute Gasteiger partial charge is 0.369 e. The van der Waals surface area contributed by atoms with E-state index < -0.39 is 37.2 Å². The van der Waals surface area contributed by atoms with Gasteiger partial charge in [0.15, 0.2) is 0 Å². The average molecular weight is 1190 g/mol. The molecule has 452 valence electrons. The van der Waals surface area contributed by atoms with Crippen LogP contribution >= 0.6 is 0 Å². The predicted octanol–water partition coefficient (Wildman–Crippen LogP) is 17.1. The minimum atomic E-state index is -1.20. The van der Waals surface area contributed by atoms with Gasteiger partial charge in [-0.2, -0.15) is 8.78 Å². The SMILES string of the molecule is C=C(F)C(=O)OCOc1ccc(OCOc2ccc(-c3ccc(OCOC4=C(c5cc(OCOc6ccc(-c7ccc(OCOc8ccc(OCOC(=O)C(=C)F)cc8)cc7)cc6)cc6cc(C)ccc56)C/C=C\C(C)=C/C/C=C\4)cc3)cc2)cc1.CC. The Kier molecular flexibility index (Phi) is 23.4. The van der Waals surface area contributed by atoms with Gasteiger partial charge in [-0.05, 0) is 181 Å². The van der Waals surface area contributed by atoms with Crippen molar-refractivity contribution in [1.82, 2.24) is 0 Å². The normalized spacial score (nSPS) is 13.1. The third kappa shape index (κ3) is 19.1. The second-order valence-corrected chi connectivity index (χ2v) is 19.1. The van der Waals surface area contributed by atoms with Crippen molar-refractivity contribution >= 4 is 28.3 Å². The lowest BCUT2D eigenvalue weighted by molar-refractivity contribution is -0.148. The maximum Gasteiger partial charge on any atom is 0.369 e. The third-order valence-electron chi connectivity index (χ3n) is 13.1. The van der Waals surface area contributed by atoms with Gasteiger partial charge in [-0.25, -0.2) is 9.59 Å². The summed E-state index contributed by atoms with van der Waals surface area (Å²) in [4.78, 5) is 22.3. The van der Waals surface area contributed by atoms with E-state index in [-0.39, 0.29) is 27.2 Å². The quantitative estimate of drug-likeness (QED) is 0.0273. The molecule has 1 aliphatic carbocycles. The Bertz CT molecular complexity index is 3740. The molecule has 0 unspecified atom stereocenters. The van der Waals surface area contributed by atoms with Gasteiger partial charge >= 0.3 is 11.9 Å². The summed E-state index contributed by atoms with van der Waals surface area (Å²) in [5, 5.41) is 2.06. The molecule has 0 N–H and O–H groups in total. The lowest BCUT2D eigenvalue weighted by Gasteiger charge is -2.18. The first kappa shape index (κ1) is 63.3. The molecule has 0 spiro atoms. The van der Waals surface area contributed by atoms with Crippen LogP contribution in [0.15, 0.2) is 242 Å². The number of hydrogen-bond donors (Lipinski definition) is 0. The lowest BCUT2D eigenvalue weighted by Crippen LogP contribution is -2.10. The Morgan fingerprint density at radius 3 is 1.15 bits per heavy atom. The first-order valence-corrected chi connectivity index (χ1v) is 28.1. The Hall–Kier alpha value is -10.7. The fourth-order valence-corrected chi connectivity index (χ4v) is 8.59. The van der Waals surface area contributed by atoms with Gasteiger partial charge in [0.05, 0.1) is 0 Å². The minimum Gasteiger partial charge on any atom is -0.458 e. The molecule has 0 aromatic heterocycles. The Labute approximate surface area is 510 Å². The molecule has 0 radical (unpaired) electrons. The van der Waals surface area contributed by atoms with Crippen LogP contribution in [0.25, 0.3) is 38.6 Å². The van der Waals surface area contributed by atoms with Gasteiger partial charge in [-0.15, -0.1) is 0 Å². The number of carbonyl (C=O) groups excluding carboxylic acids is 2. The number of aryl methyl sites for hydroxylation is 1. The van der Waals surface area contributed by atoms with Crippen molar-refractivity contribution in [2.75, 3.05) is 40.8 Å². The summed E-state index contributed by atoms with van der Waals surface area (Å²) >= 11 is 0. The highest BCUT2D eigenvalue weighted by molar-refractivity contribution is 5.96. The van der Waals surface area contributed by atoms with E-state index in [1.807, 2.05) is 129 Å². The molecule has 0 heterocycles. The molecule has 9 rings (SSSR count). The summed E-state index contributed by atoms with van der Waals surface area (Å²) in [7, 11) is 0. The van der Waals surface area contributed by atoms with Gasteiger partial charge in [0.2, 0.25) is 52.4 Å². The van der Waals surface area contributed by atoms with Crippen molar-refractivity contribution < 1.29 is 75.2 Å². The number of fused-ring (bicyclic) bond motifs is 1. The van der Waals surface area contributed by atoms with E-state index in [4.69, 9.17) is 47.4 Å². The zero-order valence-electron chi connectivity index (χ0n) is 49.2. The van der Waals surface area contributed by atoms with E-state index in [9.17, 15) is 18.4 Å². The van der Waals surface area contributed by atoms with Gasteiger partial charge in [0, 0.05) is 5.57 Å². The van der Waals surface area contributed by atoms with Gasteiger partial charge in [0.25, 0.3) is 0 Å². The highest BCUT2D eigenvalue weighted by atomic mass is 19.1. The number of ether oxygens (including phenoxy) is 12. The van der Waals surface area contributed by atoms with E-state index in [1.54, 1.807) is 48.5 Å². The molecular weight excluding hydrogens is 1130 g/mol. The van der Waals surface area contributed by atoms with Crippen LogP contribution in [0, 0.1) is 6.92 Å². The molecule has 0 aliphatic heterocycles. The zero-order chi connectivity index (χ0) is 62.0. The molecule has 14 nitrogen and oxygen atoms in total. The molecule has 1 aliphatic rings. The Balaban J connectivity index is 0.00000496.